The van der Waals surface area contributed by atoms with Gasteiger partial charge in [-0.1, -0.05) is 6.07 Å². The van der Waals surface area contributed by atoms with Gasteiger partial charge in [-0.05, 0) is 12.1 Å². The minimum Gasteiger partial charge on any atom is -0.492 e. The minimum absolute atomic E-state index is 0.0410. The van der Waals surface area contributed by atoms with E-state index >= 15 is 0 Å². The van der Waals surface area contributed by atoms with Crippen molar-refractivity contribution < 1.29 is 9.13 Å². The van der Waals surface area contributed by atoms with Crippen LogP contribution in [0.15, 0.2) is 29.4 Å². The fourth-order valence-corrected chi connectivity index (χ4v) is 0.918. The van der Waals surface area contributed by atoms with Gasteiger partial charge in [0.25, 0.3) is 0 Å². The zero-order valence-electron chi connectivity index (χ0n) is 8.11. The molecule has 0 saturated carbocycles. The highest BCUT2D eigenvalue weighted by Crippen LogP contribution is 2.11. The van der Waals surface area contributed by atoms with E-state index in [9.17, 15) is 4.39 Å². The van der Waals surface area contributed by atoms with Gasteiger partial charge in [-0.3, -0.25) is 0 Å². The van der Waals surface area contributed by atoms with Crippen molar-refractivity contribution in [3.63, 3.8) is 0 Å². The number of nitrogens with zero attached hydrogens (tertiary/aromatic N) is 1. The van der Waals surface area contributed by atoms with Gasteiger partial charge in [0.05, 0.1) is 6.54 Å². The molecule has 0 fully saturated rings. The number of rotatable bonds is 5. The summed E-state index contributed by atoms with van der Waals surface area (Å²) in [4.78, 5) is 0. The van der Waals surface area contributed by atoms with Gasteiger partial charge in [-0.25, -0.2) is 4.39 Å². The number of hydrogen-bond donors (Lipinski definition) is 3. The minimum atomic E-state index is -0.329. The number of nitrogens with one attached hydrogen (secondary N) is 1. The molecule has 0 heterocycles. The number of hydrogen-bond acceptors (Lipinski definition) is 3. The average Bonchev–Trinajstić information content (AvgIpc) is 2.17. The number of benzene rings is 1. The van der Waals surface area contributed by atoms with Gasteiger partial charge in [0.2, 0.25) is 5.96 Å². The van der Waals surface area contributed by atoms with Gasteiger partial charge in [-0.2, -0.15) is 0 Å². The third-order valence-electron chi connectivity index (χ3n) is 1.49. The van der Waals surface area contributed by atoms with Crippen LogP contribution >= 0.6 is 0 Å². The molecule has 5 N–H and O–H groups in total. The van der Waals surface area contributed by atoms with Crippen LogP contribution in [-0.4, -0.2) is 19.1 Å². The third kappa shape index (κ3) is 4.70. The first kappa shape index (κ1) is 11.1. The first-order valence-electron chi connectivity index (χ1n) is 4.38. The quantitative estimate of drug-likeness (QED) is 0.277. The summed E-state index contributed by atoms with van der Waals surface area (Å²) in [5, 5.41) is 3.54. The van der Waals surface area contributed by atoms with Crippen LogP contribution in [0.25, 0.3) is 0 Å². The second kappa shape index (κ2) is 5.69. The van der Waals surface area contributed by atoms with Crippen molar-refractivity contribution in [2.45, 2.75) is 0 Å². The van der Waals surface area contributed by atoms with Crippen LogP contribution in [0.3, 0.4) is 0 Å². The van der Waals surface area contributed by atoms with E-state index in [1.807, 2.05) is 0 Å². The summed E-state index contributed by atoms with van der Waals surface area (Å²) >= 11 is 0. The fraction of sp³-hybridized carbons (Fsp3) is 0.222. The van der Waals surface area contributed by atoms with Crippen molar-refractivity contribution in [2.24, 2.45) is 16.6 Å². The van der Waals surface area contributed by atoms with Crippen LogP contribution in [0.4, 0.5) is 4.39 Å². The van der Waals surface area contributed by atoms with Gasteiger partial charge in [-0.15, -0.1) is 5.10 Å². The number of nitrogens with two attached hydrogens (primary N) is 2. The molecule has 82 valence electrons. The van der Waals surface area contributed by atoms with E-state index in [-0.39, 0.29) is 11.8 Å². The van der Waals surface area contributed by atoms with Crippen molar-refractivity contribution in [1.82, 2.24) is 5.43 Å². The Morgan fingerprint density at radius 1 is 1.47 bits per heavy atom. The van der Waals surface area contributed by atoms with Crippen LogP contribution < -0.4 is 21.6 Å². The molecular formula is C9H13FN4O. The molecule has 0 aromatic heterocycles. The highest BCUT2D eigenvalue weighted by Gasteiger charge is 1.94. The molecule has 0 aliphatic rings. The lowest BCUT2D eigenvalue weighted by Gasteiger charge is -2.05. The molecule has 0 aliphatic heterocycles. The van der Waals surface area contributed by atoms with Crippen LogP contribution in [0.5, 0.6) is 5.75 Å². The highest BCUT2D eigenvalue weighted by atomic mass is 19.1. The Labute approximate surface area is 86.9 Å². The van der Waals surface area contributed by atoms with Gasteiger partial charge in [0.15, 0.2) is 0 Å². The molecule has 6 heteroatoms. The summed E-state index contributed by atoms with van der Waals surface area (Å²) in [7, 11) is 0. The smallest absolute Gasteiger partial charge is 0.208 e. The van der Waals surface area contributed by atoms with Crippen molar-refractivity contribution in [3.8, 4) is 5.75 Å². The van der Waals surface area contributed by atoms with Gasteiger partial charge < -0.3 is 21.6 Å². The molecular weight excluding hydrogens is 199 g/mol. The Bertz CT molecular complexity index is 339. The molecule has 0 radical (unpaired) electrons. The first-order valence-corrected chi connectivity index (χ1v) is 4.38. The van der Waals surface area contributed by atoms with E-state index < -0.39 is 0 Å². The molecule has 1 aromatic carbocycles. The predicted octanol–water partition coefficient (Wildman–Crippen LogP) is -0.0175. The monoisotopic (exact) mass is 212 g/mol. The molecule has 0 saturated heterocycles. The largest absolute Gasteiger partial charge is 0.492 e. The SMILES string of the molecule is NC(N)=NNCCOc1cccc(F)c1. The van der Waals surface area contributed by atoms with Crippen LogP contribution in [0.2, 0.25) is 0 Å². The molecule has 5 nitrogen and oxygen atoms in total. The lowest BCUT2D eigenvalue weighted by Crippen LogP contribution is -2.27. The number of halogens is 1. The van der Waals surface area contributed by atoms with E-state index in [1.54, 1.807) is 12.1 Å². The van der Waals surface area contributed by atoms with Crippen LogP contribution in [0, 0.1) is 5.82 Å². The molecule has 0 spiro atoms. The van der Waals surface area contributed by atoms with Gasteiger partial charge in [0.1, 0.15) is 18.2 Å². The molecule has 1 rings (SSSR count). The molecule has 0 atom stereocenters. The van der Waals surface area contributed by atoms with Crippen molar-refractivity contribution >= 4 is 5.96 Å². The third-order valence-corrected chi connectivity index (χ3v) is 1.49. The summed E-state index contributed by atoms with van der Waals surface area (Å²) in [5.41, 5.74) is 12.7. The standard InChI is InChI=1S/C9H13FN4O/c10-7-2-1-3-8(6-7)15-5-4-13-14-9(11)12/h1-3,6,13H,4-5H2,(H4,11,12,14). The zero-order chi connectivity index (χ0) is 11.1. The summed E-state index contributed by atoms with van der Waals surface area (Å²) in [6, 6.07) is 5.91. The lowest BCUT2D eigenvalue weighted by molar-refractivity contribution is 0.314. The second-order valence-corrected chi connectivity index (χ2v) is 2.75. The first-order chi connectivity index (χ1) is 7.18. The summed E-state index contributed by atoms with van der Waals surface area (Å²) in [5.74, 6) is 0.104. The Hall–Kier alpha value is -1.98. The Kier molecular flexibility index (Phi) is 4.21. The van der Waals surface area contributed by atoms with Crippen LogP contribution in [-0.2, 0) is 0 Å². The summed E-state index contributed by atoms with van der Waals surface area (Å²) < 4.78 is 17.9. The maximum Gasteiger partial charge on any atom is 0.208 e. The van der Waals surface area contributed by atoms with Gasteiger partial charge in [0, 0.05) is 6.07 Å². The Morgan fingerprint density at radius 3 is 2.93 bits per heavy atom. The maximum atomic E-state index is 12.7. The molecule has 0 bridgehead atoms. The van der Waals surface area contributed by atoms with E-state index in [1.165, 1.54) is 12.1 Å². The maximum absolute atomic E-state index is 12.7. The summed E-state index contributed by atoms with van der Waals surface area (Å²) in [6.07, 6.45) is 0. The van der Waals surface area contributed by atoms with E-state index in [4.69, 9.17) is 16.2 Å². The van der Waals surface area contributed by atoms with Crippen molar-refractivity contribution in [2.75, 3.05) is 13.2 Å². The van der Waals surface area contributed by atoms with Crippen molar-refractivity contribution in [3.05, 3.63) is 30.1 Å². The zero-order valence-corrected chi connectivity index (χ0v) is 8.11. The lowest BCUT2D eigenvalue weighted by atomic mass is 10.3. The van der Waals surface area contributed by atoms with Crippen LogP contribution in [0.1, 0.15) is 0 Å². The molecule has 0 aliphatic carbocycles. The second-order valence-electron chi connectivity index (χ2n) is 2.75. The van der Waals surface area contributed by atoms with Crippen molar-refractivity contribution in [1.29, 1.82) is 0 Å². The van der Waals surface area contributed by atoms with Gasteiger partial charge >= 0.3 is 0 Å². The molecule has 0 unspecified atom stereocenters. The number of hydrazone groups is 1. The Balaban J connectivity index is 2.23. The number of ether oxygens (including phenoxy) is 1. The highest BCUT2D eigenvalue weighted by molar-refractivity contribution is 5.75. The Morgan fingerprint density at radius 2 is 2.27 bits per heavy atom. The number of guanidine groups is 1. The fourth-order valence-electron chi connectivity index (χ4n) is 0.918. The molecule has 1 aromatic rings. The predicted molar refractivity (Wildman–Crippen MR) is 55.7 cm³/mol. The molecule has 15 heavy (non-hydrogen) atoms. The normalized spacial score (nSPS) is 9.40. The molecule has 0 amide bonds. The summed E-state index contributed by atoms with van der Waals surface area (Å²) in [6.45, 7) is 0.786. The average molecular weight is 212 g/mol. The van der Waals surface area contributed by atoms with E-state index in [0.717, 1.165) is 0 Å². The van der Waals surface area contributed by atoms with E-state index in [0.29, 0.717) is 18.9 Å². The van der Waals surface area contributed by atoms with E-state index in [2.05, 4.69) is 10.5 Å². The topological polar surface area (TPSA) is 85.7 Å².